The van der Waals surface area contributed by atoms with E-state index in [1.807, 2.05) is 68.4 Å². The first-order valence-electron chi connectivity index (χ1n) is 9.54. The molecule has 0 aliphatic heterocycles. The smallest absolute Gasteiger partial charge is 0.255 e. The van der Waals surface area contributed by atoms with Gasteiger partial charge in [-0.3, -0.25) is 4.79 Å². The summed E-state index contributed by atoms with van der Waals surface area (Å²) in [7, 11) is 0. The molecule has 1 N–H and O–H groups in total. The summed E-state index contributed by atoms with van der Waals surface area (Å²) >= 11 is 0. The molecule has 4 heteroatoms. The van der Waals surface area contributed by atoms with E-state index in [-0.39, 0.29) is 5.91 Å². The second-order valence-corrected chi connectivity index (χ2v) is 6.83. The van der Waals surface area contributed by atoms with Gasteiger partial charge in [-0.25, -0.2) is 9.98 Å². The molecule has 0 fully saturated rings. The minimum Gasteiger partial charge on any atom is -0.322 e. The molecule has 0 aliphatic rings. The molecular formula is C24H25N3O. The number of hydrogen-bond donors (Lipinski definition) is 1. The number of anilines is 1. The van der Waals surface area contributed by atoms with Gasteiger partial charge in [0.05, 0.1) is 0 Å². The minimum absolute atomic E-state index is 0.106. The molecule has 0 unspecified atom stereocenters. The summed E-state index contributed by atoms with van der Waals surface area (Å²) in [6.45, 7) is 6.07. The van der Waals surface area contributed by atoms with Crippen molar-refractivity contribution in [1.29, 1.82) is 0 Å². The molecule has 0 spiro atoms. The van der Waals surface area contributed by atoms with Gasteiger partial charge in [-0.15, -0.1) is 0 Å². The Balaban J connectivity index is 1.79. The average Bonchev–Trinajstić information content (AvgIpc) is 2.70. The summed E-state index contributed by atoms with van der Waals surface area (Å²) in [5, 5.41) is 2.99. The van der Waals surface area contributed by atoms with E-state index in [9.17, 15) is 4.79 Å². The van der Waals surface area contributed by atoms with Crippen LogP contribution in [-0.4, -0.2) is 16.6 Å². The molecule has 1 amide bonds. The molecule has 0 bridgehead atoms. The van der Waals surface area contributed by atoms with E-state index in [2.05, 4.69) is 28.3 Å². The zero-order valence-electron chi connectivity index (χ0n) is 16.6. The first kappa shape index (κ1) is 19.5. The lowest BCUT2D eigenvalue weighted by atomic mass is 10.1. The average molecular weight is 371 g/mol. The van der Waals surface area contributed by atoms with Crippen molar-refractivity contribution in [2.24, 2.45) is 4.99 Å². The monoisotopic (exact) mass is 371 g/mol. The topological polar surface area (TPSA) is 54.4 Å². The lowest BCUT2D eigenvalue weighted by Gasteiger charge is -2.09. The van der Waals surface area contributed by atoms with Crippen LogP contribution in [0.15, 0.2) is 71.9 Å². The molecule has 4 nitrogen and oxygen atoms in total. The van der Waals surface area contributed by atoms with Crippen LogP contribution in [0.1, 0.15) is 47.3 Å². The van der Waals surface area contributed by atoms with Gasteiger partial charge in [-0.1, -0.05) is 43.7 Å². The SMILES string of the molecule is CCCc1cccc(C(=O)Nc2cccc(C(C)=Nc3ncccc3C)c2)c1. The Morgan fingerprint density at radius 3 is 2.61 bits per heavy atom. The van der Waals surface area contributed by atoms with Crippen LogP contribution in [0.2, 0.25) is 0 Å². The van der Waals surface area contributed by atoms with Crippen LogP contribution in [-0.2, 0) is 6.42 Å². The Morgan fingerprint density at radius 2 is 1.82 bits per heavy atom. The maximum atomic E-state index is 12.6. The number of carbonyl (C=O) groups excluding carboxylic acids is 1. The summed E-state index contributed by atoms with van der Waals surface area (Å²) in [6, 6.07) is 19.4. The van der Waals surface area contributed by atoms with Crippen LogP contribution in [0, 0.1) is 6.92 Å². The number of nitrogens with zero attached hydrogens (tertiary/aromatic N) is 2. The molecule has 142 valence electrons. The third-order valence-electron chi connectivity index (χ3n) is 4.52. The number of carbonyl (C=O) groups is 1. The number of rotatable bonds is 6. The normalized spacial score (nSPS) is 11.3. The molecule has 1 aromatic heterocycles. The van der Waals surface area contributed by atoms with Crippen molar-refractivity contribution >= 4 is 23.1 Å². The molecule has 28 heavy (non-hydrogen) atoms. The third kappa shape index (κ3) is 4.92. The minimum atomic E-state index is -0.106. The van der Waals surface area contributed by atoms with Gasteiger partial charge in [0.25, 0.3) is 5.91 Å². The highest BCUT2D eigenvalue weighted by atomic mass is 16.1. The predicted molar refractivity (Wildman–Crippen MR) is 116 cm³/mol. The van der Waals surface area contributed by atoms with E-state index in [0.29, 0.717) is 11.4 Å². The molecule has 1 heterocycles. The number of hydrogen-bond acceptors (Lipinski definition) is 3. The van der Waals surface area contributed by atoms with Gasteiger partial charge in [-0.2, -0.15) is 0 Å². The third-order valence-corrected chi connectivity index (χ3v) is 4.52. The fourth-order valence-corrected chi connectivity index (χ4v) is 3.00. The van der Waals surface area contributed by atoms with Gasteiger partial charge in [0.1, 0.15) is 0 Å². The van der Waals surface area contributed by atoms with E-state index in [0.717, 1.165) is 35.4 Å². The Hall–Kier alpha value is -3.27. The molecule has 0 atom stereocenters. The highest BCUT2D eigenvalue weighted by Crippen LogP contribution is 2.18. The molecule has 0 saturated carbocycles. The molecule has 3 aromatic rings. The van der Waals surface area contributed by atoms with E-state index in [1.165, 1.54) is 5.56 Å². The van der Waals surface area contributed by atoms with E-state index in [1.54, 1.807) is 6.20 Å². The zero-order chi connectivity index (χ0) is 19.9. The summed E-state index contributed by atoms with van der Waals surface area (Å²) in [5.41, 5.74) is 5.42. The van der Waals surface area contributed by atoms with E-state index >= 15 is 0 Å². The van der Waals surface area contributed by atoms with Gasteiger partial charge in [0, 0.05) is 23.2 Å². The summed E-state index contributed by atoms with van der Waals surface area (Å²) < 4.78 is 0. The molecule has 0 saturated heterocycles. The van der Waals surface area contributed by atoms with Gasteiger partial charge in [0.2, 0.25) is 0 Å². The standard InChI is InChI=1S/C24H25N3O/c1-4-8-19-10-5-12-21(15-19)24(28)27-22-13-6-11-20(16-22)18(3)26-23-17(2)9-7-14-25-23/h5-7,9-16H,4,8H2,1-3H3,(H,27,28). The van der Waals surface area contributed by atoms with E-state index < -0.39 is 0 Å². The van der Waals surface area contributed by atoms with Gasteiger partial charge in [-0.05, 0) is 67.3 Å². The van der Waals surface area contributed by atoms with Crippen molar-refractivity contribution in [2.45, 2.75) is 33.6 Å². The predicted octanol–water partition coefficient (Wildman–Crippen LogP) is 5.74. The van der Waals surface area contributed by atoms with Crippen molar-refractivity contribution in [1.82, 2.24) is 4.98 Å². The van der Waals surface area contributed by atoms with Gasteiger partial charge in [0.15, 0.2) is 5.82 Å². The van der Waals surface area contributed by atoms with Crippen LogP contribution in [0.25, 0.3) is 0 Å². The number of benzene rings is 2. The number of aromatic nitrogens is 1. The summed E-state index contributed by atoms with van der Waals surface area (Å²) in [4.78, 5) is 21.6. The number of aryl methyl sites for hydroxylation is 2. The molecule has 0 aliphatic carbocycles. The number of nitrogens with one attached hydrogen (secondary N) is 1. The summed E-state index contributed by atoms with van der Waals surface area (Å²) in [6.07, 6.45) is 3.77. The largest absolute Gasteiger partial charge is 0.322 e. The highest BCUT2D eigenvalue weighted by molar-refractivity contribution is 6.06. The Kier molecular flexibility index (Phi) is 6.33. The number of pyridine rings is 1. The fourth-order valence-electron chi connectivity index (χ4n) is 3.00. The van der Waals surface area contributed by atoms with Gasteiger partial charge < -0.3 is 5.32 Å². The molecule has 0 radical (unpaired) electrons. The number of amides is 1. The Morgan fingerprint density at radius 1 is 1.04 bits per heavy atom. The van der Waals surface area contributed by atoms with E-state index in [4.69, 9.17) is 0 Å². The first-order chi connectivity index (χ1) is 13.6. The second-order valence-electron chi connectivity index (χ2n) is 6.83. The van der Waals surface area contributed by atoms with Crippen molar-refractivity contribution < 1.29 is 4.79 Å². The van der Waals surface area contributed by atoms with Crippen molar-refractivity contribution in [3.63, 3.8) is 0 Å². The summed E-state index contributed by atoms with van der Waals surface area (Å²) in [5.74, 6) is 0.604. The molecule has 3 rings (SSSR count). The lowest BCUT2D eigenvalue weighted by Crippen LogP contribution is -2.12. The van der Waals surface area contributed by atoms with Crippen molar-refractivity contribution in [2.75, 3.05) is 5.32 Å². The Labute approximate surface area is 166 Å². The van der Waals surface area contributed by atoms with Crippen LogP contribution in [0.3, 0.4) is 0 Å². The van der Waals surface area contributed by atoms with Gasteiger partial charge >= 0.3 is 0 Å². The van der Waals surface area contributed by atoms with Crippen molar-refractivity contribution in [3.05, 3.63) is 89.1 Å². The first-order valence-corrected chi connectivity index (χ1v) is 9.54. The van der Waals surface area contributed by atoms with Crippen LogP contribution in [0.5, 0.6) is 0 Å². The maximum absolute atomic E-state index is 12.6. The lowest BCUT2D eigenvalue weighted by molar-refractivity contribution is 0.102. The second kappa shape index (κ2) is 9.09. The van der Waals surface area contributed by atoms with Crippen LogP contribution in [0.4, 0.5) is 11.5 Å². The molecular weight excluding hydrogens is 346 g/mol. The van der Waals surface area contributed by atoms with Crippen molar-refractivity contribution in [3.8, 4) is 0 Å². The highest BCUT2D eigenvalue weighted by Gasteiger charge is 2.08. The molecule has 2 aromatic carbocycles. The number of aliphatic imine (C=N–C) groups is 1. The zero-order valence-corrected chi connectivity index (χ0v) is 16.6. The van der Waals surface area contributed by atoms with Crippen LogP contribution < -0.4 is 5.32 Å². The fraction of sp³-hybridized carbons (Fsp3) is 0.208. The quantitative estimate of drug-likeness (QED) is 0.562. The maximum Gasteiger partial charge on any atom is 0.255 e. The van der Waals surface area contributed by atoms with Crippen LogP contribution >= 0.6 is 0 Å². The Bertz CT molecular complexity index is 1010.